The molecule has 0 aliphatic heterocycles. The average Bonchev–Trinajstić information content (AvgIpc) is 2.15. The van der Waals surface area contributed by atoms with Crippen molar-refractivity contribution in [3.05, 3.63) is 23.9 Å². The van der Waals surface area contributed by atoms with Gasteiger partial charge in [0, 0.05) is 6.26 Å². The van der Waals surface area contributed by atoms with Gasteiger partial charge in [-0.3, -0.25) is 0 Å². The maximum absolute atomic E-state index is 11.1. The molecule has 5 nitrogen and oxygen atoms in total. The van der Waals surface area contributed by atoms with Crippen LogP contribution >= 0.6 is 0 Å². The Bertz CT molecular complexity index is 452. The van der Waals surface area contributed by atoms with Crippen LogP contribution in [-0.2, 0) is 14.6 Å². The summed E-state index contributed by atoms with van der Waals surface area (Å²) in [6.45, 7) is 0. The number of hydrogen-bond donors (Lipinski definition) is 0. The molecule has 0 atom stereocenters. The quantitative estimate of drug-likeness (QED) is 0.662. The molecule has 14 heavy (non-hydrogen) atoms. The Hall–Kier alpha value is -1.43. The molecule has 1 rings (SSSR count). The van der Waals surface area contributed by atoms with E-state index in [0.29, 0.717) is 0 Å². The fourth-order valence-corrected chi connectivity index (χ4v) is 1.43. The van der Waals surface area contributed by atoms with E-state index in [-0.39, 0.29) is 10.7 Å². The standard InChI is InChI=1S/C8H9NO4S/c1-13-8(10)6-4-3-5-7(9-6)14(2,11)12/h3-5H,1-2H3. The SMILES string of the molecule is COC(=O)c1cccc(S(C)(=O)=O)n1. The zero-order chi connectivity index (χ0) is 10.8. The molecule has 0 saturated heterocycles. The van der Waals surface area contributed by atoms with Crippen molar-refractivity contribution in [3.8, 4) is 0 Å². The highest BCUT2D eigenvalue weighted by Gasteiger charge is 2.13. The van der Waals surface area contributed by atoms with Gasteiger partial charge in [0.15, 0.2) is 14.9 Å². The van der Waals surface area contributed by atoms with E-state index in [1.807, 2.05) is 0 Å². The molecule has 1 heterocycles. The van der Waals surface area contributed by atoms with Crippen LogP contribution in [0.25, 0.3) is 0 Å². The average molecular weight is 215 g/mol. The summed E-state index contributed by atoms with van der Waals surface area (Å²) in [7, 11) is -2.18. The lowest BCUT2D eigenvalue weighted by molar-refractivity contribution is 0.0593. The van der Waals surface area contributed by atoms with Crippen molar-refractivity contribution < 1.29 is 17.9 Å². The third kappa shape index (κ3) is 2.29. The Kier molecular flexibility index (Phi) is 2.85. The van der Waals surface area contributed by atoms with Crippen LogP contribution in [0.3, 0.4) is 0 Å². The van der Waals surface area contributed by atoms with Crippen LogP contribution in [0.5, 0.6) is 0 Å². The van der Waals surface area contributed by atoms with E-state index < -0.39 is 15.8 Å². The summed E-state index contributed by atoms with van der Waals surface area (Å²) in [5, 5.41) is -0.139. The van der Waals surface area contributed by atoms with Crippen LogP contribution in [0, 0.1) is 0 Å². The molecule has 1 aromatic heterocycles. The third-order valence-corrected chi connectivity index (χ3v) is 2.49. The fraction of sp³-hybridized carbons (Fsp3) is 0.250. The molecule has 0 fully saturated rings. The maximum Gasteiger partial charge on any atom is 0.356 e. The molecule has 6 heteroatoms. The van der Waals surface area contributed by atoms with Crippen LogP contribution in [0.15, 0.2) is 23.2 Å². The van der Waals surface area contributed by atoms with E-state index in [1.54, 1.807) is 0 Å². The highest BCUT2D eigenvalue weighted by molar-refractivity contribution is 7.90. The molecule has 1 aromatic rings. The molecule has 76 valence electrons. The van der Waals surface area contributed by atoms with Crippen LogP contribution in [-0.4, -0.2) is 32.7 Å². The molecule has 0 unspecified atom stereocenters. The van der Waals surface area contributed by atoms with Crippen molar-refractivity contribution in [1.29, 1.82) is 0 Å². The predicted molar refractivity (Wildman–Crippen MR) is 48.7 cm³/mol. The van der Waals surface area contributed by atoms with Crippen molar-refractivity contribution in [2.75, 3.05) is 13.4 Å². The highest BCUT2D eigenvalue weighted by Crippen LogP contribution is 2.06. The van der Waals surface area contributed by atoms with Crippen molar-refractivity contribution in [2.45, 2.75) is 5.03 Å². The second kappa shape index (κ2) is 3.75. The van der Waals surface area contributed by atoms with Gasteiger partial charge in [-0.1, -0.05) is 6.07 Å². The van der Waals surface area contributed by atoms with E-state index in [4.69, 9.17) is 0 Å². The smallest absolute Gasteiger partial charge is 0.356 e. The number of hydrogen-bond acceptors (Lipinski definition) is 5. The number of methoxy groups -OCH3 is 1. The number of aromatic nitrogens is 1. The highest BCUT2D eigenvalue weighted by atomic mass is 32.2. The first-order valence-electron chi connectivity index (χ1n) is 3.70. The van der Waals surface area contributed by atoms with Crippen LogP contribution in [0.1, 0.15) is 10.5 Å². The summed E-state index contributed by atoms with van der Waals surface area (Å²) in [5.41, 5.74) is -0.0181. The van der Waals surface area contributed by atoms with Crippen LogP contribution in [0.2, 0.25) is 0 Å². The van der Waals surface area contributed by atoms with Gasteiger partial charge in [-0.2, -0.15) is 0 Å². The van der Waals surface area contributed by atoms with Gasteiger partial charge in [0.25, 0.3) is 0 Å². The lowest BCUT2D eigenvalue weighted by Gasteiger charge is -2.00. The molecule has 0 saturated carbocycles. The lowest BCUT2D eigenvalue weighted by Crippen LogP contribution is -2.08. The van der Waals surface area contributed by atoms with Gasteiger partial charge < -0.3 is 4.74 Å². The van der Waals surface area contributed by atoms with Gasteiger partial charge in [-0.05, 0) is 12.1 Å². The molecular formula is C8H9NO4S. The largest absolute Gasteiger partial charge is 0.464 e. The molecule has 0 spiro atoms. The Morgan fingerprint density at radius 3 is 2.57 bits per heavy atom. The molecule has 0 N–H and O–H groups in total. The zero-order valence-corrected chi connectivity index (χ0v) is 8.54. The molecule has 0 aliphatic rings. The molecule has 0 bridgehead atoms. The normalized spacial score (nSPS) is 11.0. The third-order valence-electron chi connectivity index (χ3n) is 1.50. The Labute approximate surface area is 81.6 Å². The van der Waals surface area contributed by atoms with Gasteiger partial charge in [0.2, 0.25) is 0 Å². The first-order chi connectivity index (χ1) is 6.45. The first-order valence-corrected chi connectivity index (χ1v) is 5.59. The number of sulfone groups is 1. The number of carbonyl (C=O) groups is 1. The molecule has 0 aromatic carbocycles. The molecule has 0 aliphatic carbocycles. The molecule has 0 radical (unpaired) electrons. The minimum atomic E-state index is -3.39. The zero-order valence-electron chi connectivity index (χ0n) is 7.72. The van der Waals surface area contributed by atoms with Gasteiger partial charge in [-0.25, -0.2) is 18.2 Å². The monoisotopic (exact) mass is 215 g/mol. The number of esters is 1. The number of pyridine rings is 1. The summed E-state index contributed by atoms with van der Waals surface area (Å²) in [4.78, 5) is 14.7. The first kappa shape index (κ1) is 10.6. The van der Waals surface area contributed by atoms with E-state index in [9.17, 15) is 13.2 Å². The summed E-state index contributed by atoms with van der Waals surface area (Å²) >= 11 is 0. The summed E-state index contributed by atoms with van der Waals surface area (Å²) in [6.07, 6.45) is 1.02. The second-order valence-corrected chi connectivity index (χ2v) is 4.59. The number of rotatable bonds is 2. The van der Waals surface area contributed by atoms with Gasteiger partial charge in [0.05, 0.1) is 7.11 Å². The maximum atomic E-state index is 11.1. The summed E-state index contributed by atoms with van der Waals surface area (Å²) < 4.78 is 26.6. The Morgan fingerprint density at radius 1 is 1.43 bits per heavy atom. The van der Waals surface area contributed by atoms with Crippen LogP contribution < -0.4 is 0 Å². The number of ether oxygens (including phenoxy) is 1. The van der Waals surface area contributed by atoms with Gasteiger partial charge in [0.1, 0.15) is 5.69 Å². The molecule has 0 amide bonds. The van der Waals surface area contributed by atoms with E-state index in [2.05, 4.69) is 9.72 Å². The lowest BCUT2D eigenvalue weighted by atomic mass is 10.4. The topological polar surface area (TPSA) is 73.3 Å². The Morgan fingerprint density at radius 2 is 2.07 bits per heavy atom. The van der Waals surface area contributed by atoms with Crippen molar-refractivity contribution in [2.24, 2.45) is 0 Å². The van der Waals surface area contributed by atoms with Gasteiger partial charge in [-0.15, -0.1) is 0 Å². The van der Waals surface area contributed by atoms with E-state index in [1.165, 1.54) is 25.3 Å². The van der Waals surface area contributed by atoms with Crippen molar-refractivity contribution >= 4 is 15.8 Å². The number of carbonyl (C=O) groups excluding carboxylic acids is 1. The van der Waals surface area contributed by atoms with Crippen LogP contribution in [0.4, 0.5) is 0 Å². The fourth-order valence-electron chi connectivity index (χ4n) is 0.840. The molecular weight excluding hydrogens is 206 g/mol. The summed E-state index contributed by atoms with van der Waals surface area (Å²) in [6, 6.07) is 4.15. The van der Waals surface area contributed by atoms with Crippen molar-refractivity contribution in [3.63, 3.8) is 0 Å². The summed E-state index contributed by atoms with van der Waals surface area (Å²) in [5.74, 6) is -0.657. The predicted octanol–water partition coefficient (Wildman–Crippen LogP) is 0.272. The second-order valence-electron chi connectivity index (χ2n) is 2.62. The number of nitrogens with zero attached hydrogens (tertiary/aromatic N) is 1. The van der Waals surface area contributed by atoms with E-state index in [0.717, 1.165) is 6.26 Å². The van der Waals surface area contributed by atoms with E-state index >= 15 is 0 Å². The van der Waals surface area contributed by atoms with Gasteiger partial charge >= 0.3 is 5.97 Å². The van der Waals surface area contributed by atoms with Crippen molar-refractivity contribution in [1.82, 2.24) is 4.98 Å². The minimum absolute atomic E-state index is 0.0181. The minimum Gasteiger partial charge on any atom is -0.464 e. The Balaban J connectivity index is 3.21.